The first-order valence-corrected chi connectivity index (χ1v) is 9.84. The summed E-state index contributed by atoms with van der Waals surface area (Å²) >= 11 is 0. The summed E-state index contributed by atoms with van der Waals surface area (Å²) < 4.78 is 5.57. The van der Waals surface area contributed by atoms with Gasteiger partial charge in [-0.25, -0.2) is 4.79 Å². The third-order valence-corrected chi connectivity index (χ3v) is 5.66. The number of carbonyl (C=O) groups excluding carboxylic acids is 2. The van der Waals surface area contributed by atoms with Crippen LogP contribution in [-0.4, -0.2) is 67.3 Å². The van der Waals surface area contributed by atoms with E-state index < -0.39 is 0 Å². The van der Waals surface area contributed by atoms with Gasteiger partial charge in [0.15, 0.2) is 0 Å². The van der Waals surface area contributed by atoms with Gasteiger partial charge >= 0.3 is 6.03 Å². The van der Waals surface area contributed by atoms with Gasteiger partial charge in [-0.15, -0.1) is 12.4 Å². The molecule has 3 fully saturated rings. The topological polar surface area (TPSA) is 82.7 Å². The molecule has 2 atom stereocenters. The number of hydrogen-bond donors (Lipinski definition) is 3. The number of piperidine rings is 1. The number of likely N-dealkylation sites (tertiary alicyclic amines) is 1. The number of carbonyl (C=O) groups is 2. The average Bonchev–Trinajstić information content (AvgIpc) is 2.63. The number of nitrogens with zero attached hydrogens (tertiary/aromatic N) is 1. The molecule has 3 N–H and O–H groups in total. The van der Waals surface area contributed by atoms with Gasteiger partial charge in [0.1, 0.15) is 6.04 Å². The van der Waals surface area contributed by atoms with Crippen molar-refractivity contribution in [3.8, 4) is 0 Å². The highest BCUT2D eigenvalue weighted by atomic mass is 35.5. The summed E-state index contributed by atoms with van der Waals surface area (Å²) in [5.41, 5.74) is 0. The molecule has 26 heavy (non-hydrogen) atoms. The van der Waals surface area contributed by atoms with Gasteiger partial charge in [0.2, 0.25) is 5.91 Å². The first-order valence-electron chi connectivity index (χ1n) is 9.84. The van der Waals surface area contributed by atoms with Crippen molar-refractivity contribution in [1.82, 2.24) is 20.9 Å². The number of halogens is 1. The van der Waals surface area contributed by atoms with E-state index in [2.05, 4.69) is 16.0 Å². The number of morpholine rings is 1. The predicted octanol–water partition coefficient (Wildman–Crippen LogP) is 1.41. The van der Waals surface area contributed by atoms with Crippen molar-refractivity contribution in [3.63, 3.8) is 0 Å². The number of urea groups is 1. The summed E-state index contributed by atoms with van der Waals surface area (Å²) in [7, 11) is 0. The quantitative estimate of drug-likeness (QED) is 0.682. The van der Waals surface area contributed by atoms with Crippen LogP contribution in [0, 0.1) is 0 Å². The molecule has 2 aliphatic heterocycles. The first-order chi connectivity index (χ1) is 12.1. The van der Waals surface area contributed by atoms with Crippen molar-refractivity contribution in [3.05, 3.63) is 0 Å². The predicted molar refractivity (Wildman–Crippen MR) is 103 cm³/mol. The Kier molecular flexibility index (Phi) is 8.44. The van der Waals surface area contributed by atoms with E-state index in [1.54, 1.807) is 0 Å². The van der Waals surface area contributed by atoms with Crippen LogP contribution >= 0.6 is 12.4 Å². The maximum atomic E-state index is 12.6. The molecule has 2 heterocycles. The normalized spacial score (nSPS) is 28.1. The fraction of sp³-hybridized carbons (Fsp3) is 0.889. The van der Waals surface area contributed by atoms with Gasteiger partial charge in [-0.3, -0.25) is 4.79 Å². The zero-order chi connectivity index (χ0) is 17.6. The smallest absolute Gasteiger partial charge is 0.315 e. The second kappa shape index (κ2) is 10.3. The lowest BCUT2D eigenvalue weighted by molar-refractivity contribution is -0.140. The molecule has 0 spiro atoms. The highest BCUT2D eigenvalue weighted by Gasteiger charge is 2.33. The zero-order valence-electron chi connectivity index (χ0n) is 15.7. The van der Waals surface area contributed by atoms with Gasteiger partial charge in [0, 0.05) is 31.7 Å². The van der Waals surface area contributed by atoms with E-state index in [9.17, 15) is 9.59 Å². The van der Waals surface area contributed by atoms with E-state index in [0.29, 0.717) is 25.7 Å². The molecule has 8 heteroatoms. The van der Waals surface area contributed by atoms with Crippen molar-refractivity contribution >= 4 is 24.3 Å². The molecule has 0 aromatic carbocycles. The number of amides is 3. The van der Waals surface area contributed by atoms with E-state index in [0.717, 1.165) is 32.2 Å². The lowest BCUT2D eigenvalue weighted by Crippen LogP contribution is -2.58. The number of hydrogen-bond acceptors (Lipinski definition) is 4. The van der Waals surface area contributed by atoms with Crippen LogP contribution in [0.2, 0.25) is 0 Å². The summed E-state index contributed by atoms with van der Waals surface area (Å²) in [6.45, 7) is 4.71. The Hall–Kier alpha value is -1.05. The summed E-state index contributed by atoms with van der Waals surface area (Å²) in [6, 6.07) is 0.190. The van der Waals surface area contributed by atoms with E-state index in [-0.39, 0.29) is 42.5 Å². The number of nitrogens with one attached hydrogen (secondary N) is 3. The largest absolute Gasteiger partial charge is 0.375 e. The van der Waals surface area contributed by atoms with Crippen LogP contribution in [0.1, 0.15) is 51.9 Å². The van der Waals surface area contributed by atoms with Crippen LogP contribution in [0.4, 0.5) is 4.79 Å². The maximum absolute atomic E-state index is 12.6. The highest BCUT2D eigenvalue weighted by molar-refractivity contribution is 5.85. The van der Waals surface area contributed by atoms with Gasteiger partial charge in [-0.2, -0.15) is 0 Å². The first kappa shape index (κ1) is 21.3. The minimum absolute atomic E-state index is 0. The number of rotatable bonds is 3. The standard InChI is InChI=1S/C18H32N4O3.ClH/c1-13-16(19-9-12-25-13)17(23)22-10-7-15(8-11-22)21-18(24)20-14-5-3-2-4-6-14;/h13-16,19H,2-12H2,1H3,(H2,20,21,24);1H/t13-,16+;/m1./s1. The minimum Gasteiger partial charge on any atom is -0.375 e. The van der Waals surface area contributed by atoms with Gasteiger partial charge < -0.3 is 25.6 Å². The Morgan fingerprint density at radius 2 is 1.62 bits per heavy atom. The molecule has 150 valence electrons. The molecule has 3 aliphatic rings. The second-order valence-corrected chi connectivity index (χ2v) is 7.56. The second-order valence-electron chi connectivity index (χ2n) is 7.56. The summed E-state index contributed by atoms with van der Waals surface area (Å²) in [5, 5.41) is 9.45. The fourth-order valence-corrected chi connectivity index (χ4v) is 4.11. The Morgan fingerprint density at radius 1 is 1.00 bits per heavy atom. The van der Waals surface area contributed by atoms with Crippen LogP contribution in [0.3, 0.4) is 0 Å². The third kappa shape index (κ3) is 5.72. The highest BCUT2D eigenvalue weighted by Crippen LogP contribution is 2.18. The van der Waals surface area contributed by atoms with E-state index in [1.807, 2.05) is 11.8 Å². The van der Waals surface area contributed by atoms with Crippen LogP contribution in [0.15, 0.2) is 0 Å². The molecule has 0 aromatic heterocycles. The average molecular weight is 389 g/mol. The Balaban J connectivity index is 0.00000243. The maximum Gasteiger partial charge on any atom is 0.315 e. The van der Waals surface area contributed by atoms with Crippen molar-refractivity contribution < 1.29 is 14.3 Å². The van der Waals surface area contributed by atoms with Crippen molar-refractivity contribution in [2.24, 2.45) is 0 Å². The molecule has 7 nitrogen and oxygen atoms in total. The molecule has 0 unspecified atom stereocenters. The minimum atomic E-state index is -0.243. The molecule has 1 aliphatic carbocycles. The van der Waals surface area contributed by atoms with Crippen molar-refractivity contribution in [1.29, 1.82) is 0 Å². The molecular weight excluding hydrogens is 356 g/mol. The molecule has 0 aromatic rings. The van der Waals surface area contributed by atoms with E-state index in [1.165, 1.54) is 19.3 Å². The van der Waals surface area contributed by atoms with Crippen LogP contribution in [0.5, 0.6) is 0 Å². The molecule has 3 rings (SSSR count). The third-order valence-electron chi connectivity index (χ3n) is 5.66. The fourth-order valence-electron chi connectivity index (χ4n) is 4.11. The monoisotopic (exact) mass is 388 g/mol. The van der Waals surface area contributed by atoms with Crippen LogP contribution in [-0.2, 0) is 9.53 Å². The Bertz CT molecular complexity index is 465. The molecule has 0 bridgehead atoms. The number of ether oxygens (including phenoxy) is 1. The molecule has 2 saturated heterocycles. The summed E-state index contributed by atoms with van der Waals surface area (Å²) in [4.78, 5) is 26.7. The Labute approximate surface area is 162 Å². The van der Waals surface area contributed by atoms with Gasteiger partial charge in [-0.1, -0.05) is 19.3 Å². The van der Waals surface area contributed by atoms with E-state index in [4.69, 9.17) is 4.74 Å². The Morgan fingerprint density at radius 3 is 2.23 bits per heavy atom. The lowest BCUT2D eigenvalue weighted by atomic mass is 9.96. The van der Waals surface area contributed by atoms with Crippen molar-refractivity contribution in [2.75, 3.05) is 26.2 Å². The zero-order valence-corrected chi connectivity index (χ0v) is 16.5. The molecule has 1 saturated carbocycles. The lowest BCUT2D eigenvalue weighted by Gasteiger charge is -2.37. The SMILES string of the molecule is C[C@H]1OCCN[C@@H]1C(=O)N1CCC(NC(=O)NC2CCCCC2)CC1.Cl. The van der Waals surface area contributed by atoms with E-state index >= 15 is 0 Å². The van der Waals surface area contributed by atoms with Crippen molar-refractivity contribution in [2.45, 2.75) is 76.1 Å². The summed E-state index contributed by atoms with van der Waals surface area (Å²) in [5.74, 6) is 0.123. The molecule has 3 amide bonds. The molecule has 0 radical (unpaired) electrons. The molecular formula is C18H33ClN4O3. The van der Waals surface area contributed by atoms with Gasteiger partial charge in [-0.05, 0) is 32.6 Å². The van der Waals surface area contributed by atoms with Crippen LogP contribution in [0.25, 0.3) is 0 Å². The van der Waals surface area contributed by atoms with Crippen LogP contribution < -0.4 is 16.0 Å². The van der Waals surface area contributed by atoms with Gasteiger partial charge in [0.25, 0.3) is 0 Å². The van der Waals surface area contributed by atoms with Gasteiger partial charge in [0.05, 0.1) is 12.7 Å². The summed E-state index contributed by atoms with van der Waals surface area (Å²) in [6.07, 6.45) is 7.43.